The van der Waals surface area contributed by atoms with Gasteiger partial charge < -0.3 is 19.7 Å². The Morgan fingerprint density at radius 1 is 1.25 bits per heavy atom. The highest BCUT2D eigenvalue weighted by molar-refractivity contribution is 5.85. The highest BCUT2D eigenvalue weighted by Crippen LogP contribution is 2.20. The SMILES string of the molecule is COc1cccc(OCC(=O)N2CCC(N3CCNCC3)C2)c1.Cl. The Kier molecular flexibility index (Phi) is 7.15. The fourth-order valence-corrected chi connectivity index (χ4v) is 3.24. The van der Waals surface area contributed by atoms with Gasteiger partial charge in [-0.3, -0.25) is 9.69 Å². The van der Waals surface area contributed by atoms with Crippen LogP contribution in [-0.2, 0) is 4.79 Å². The molecule has 6 nitrogen and oxygen atoms in total. The molecule has 134 valence electrons. The summed E-state index contributed by atoms with van der Waals surface area (Å²) in [7, 11) is 1.62. The number of carbonyl (C=O) groups is 1. The van der Waals surface area contributed by atoms with Crippen LogP contribution >= 0.6 is 12.4 Å². The lowest BCUT2D eigenvalue weighted by atomic mass is 10.2. The Morgan fingerprint density at radius 2 is 2.00 bits per heavy atom. The van der Waals surface area contributed by atoms with Crippen molar-refractivity contribution in [2.24, 2.45) is 0 Å². The number of halogens is 1. The van der Waals surface area contributed by atoms with Crippen molar-refractivity contribution in [2.45, 2.75) is 12.5 Å². The second-order valence-electron chi connectivity index (χ2n) is 6.04. The molecule has 2 heterocycles. The molecule has 0 bridgehead atoms. The normalized spacial score (nSPS) is 21.2. The average Bonchev–Trinajstić information content (AvgIpc) is 3.11. The number of hydrogen-bond donors (Lipinski definition) is 1. The van der Waals surface area contributed by atoms with Gasteiger partial charge in [0.05, 0.1) is 7.11 Å². The summed E-state index contributed by atoms with van der Waals surface area (Å²) in [4.78, 5) is 16.8. The van der Waals surface area contributed by atoms with E-state index in [4.69, 9.17) is 9.47 Å². The van der Waals surface area contributed by atoms with Gasteiger partial charge in [-0.25, -0.2) is 0 Å². The Bertz CT molecular complexity index is 538. The third kappa shape index (κ3) is 4.75. The van der Waals surface area contributed by atoms with Crippen molar-refractivity contribution in [3.05, 3.63) is 24.3 Å². The predicted octanol–water partition coefficient (Wildman–Crippen LogP) is 1.00. The zero-order valence-corrected chi connectivity index (χ0v) is 14.9. The first-order valence-corrected chi connectivity index (χ1v) is 8.25. The first kappa shape index (κ1) is 18.8. The molecular formula is C17H26ClN3O3. The van der Waals surface area contributed by atoms with E-state index in [2.05, 4.69) is 10.2 Å². The van der Waals surface area contributed by atoms with E-state index in [1.807, 2.05) is 23.1 Å². The molecule has 1 aromatic carbocycles. The summed E-state index contributed by atoms with van der Waals surface area (Å²) in [5, 5.41) is 3.37. The van der Waals surface area contributed by atoms with Gasteiger partial charge in [0.1, 0.15) is 11.5 Å². The quantitative estimate of drug-likeness (QED) is 0.854. The summed E-state index contributed by atoms with van der Waals surface area (Å²) in [5.41, 5.74) is 0. The molecule has 3 rings (SSSR count). The number of methoxy groups -OCH3 is 1. The third-order valence-corrected chi connectivity index (χ3v) is 4.59. The van der Waals surface area contributed by atoms with E-state index in [1.165, 1.54) is 0 Å². The molecule has 1 N–H and O–H groups in total. The van der Waals surface area contributed by atoms with Gasteiger partial charge in [0.2, 0.25) is 0 Å². The lowest BCUT2D eigenvalue weighted by Crippen LogP contribution is -2.49. The topological polar surface area (TPSA) is 54.0 Å². The van der Waals surface area contributed by atoms with Gasteiger partial charge in [0, 0.05) is 51.4 Å². The van der Waals surface area contributed by atoms with Crippen LogP contribution in [0.25, 0.3) is 0 Å². The summed E-state index contributed by atoms with van der Waals surface area (Å²) in [6.07, 6.45) is 1.06. The first-order valence-electron chi connectivity index (χ1n) is 8.25. The van der Waals surface area contributed by atoms with Crippen LogP contribution in [0, 0.1) is 0 Å². The van der Waals surface area contributed by atoms with Gasteiger partial charge >= 0.3 is 0 Å². The van der Waals surface area contributed by atoms with E-state index >= 15 is 0 Å². The smallest absolute Gasteiger partial charge is 0.260 e. The van der Waals surface area contributed by atoms with E-state index in [-0.39, 0.29) is 24.9 Å². The summed E-state index contributed by atoms with van der Waals surface area (Å²) in [5.74, 6) is 1.45. The molecule has 0 spiro atoms. The molecule has 0 aliphatic carbocycles. The van der Waals surface area contributed by atoms with Crippen LogP contribution in [0.4, 0.5) is 0 Å². The van der Waals surface area contributed by atoms with Crippen molar-refractivity contribution in [2.75, 3.05) is 53.0 Å². The van der Waals surface area contributed by atoms with Gasteiger partial charge in [0.15, 0.2) is 6.61 Å². The van der Waals surface area contributed by atoms with E-state index in [9.17, 15) is 4.79 Å². The Hall–Kier alpha value is -1.50. The summed E-state index contributed by atoms with van der Waals surface area (Å²) in [6, 6.07) is 7.84. The molecule has 2 aliphatic rings. The van der Waals surface area contributed by atoms with Gasteiger partial charge in [-0.2, -0.15) is 0 Å². The van der Waals surface area contributed by atoms with Crippen LogP contribution in [0.1, 0.15) is 6.42 Å². The molecule has 1 atom stereocenters. The Morgan fingerprint density at radius 3 is 2.75 bits per heavy atom. The first-order chi connectivity index (χ1) is 11.3. The molecule has 0 saturated carbocycles. The number of nitrogens with one attached hydrogen (secondary N) is 1. The van der Waals surface area contributed by atoms with Crippen molar-refractivity contribution in [1.29, 1.82) is 0 Å². The number of nitrogens with zero attached hydrogens (tertiary/aromatic N) is 2. The highest BCUT2D eigenvalue weighted by Gasteiger charge is 2.30. The molecule has 1 amide bonds. The molecule has 0 radical (unpaired) electrons. The minimum Gasteiger partial charge on any atom is -0.497 e. The number of hydrogen-bond acceptors (Lipinski definition) is 5. The van der Waals surface area contributed by atoms with Crippen molar-refractivity contribution in [1.82, 2.24) is 15.1 Å². The standard InChI is InChI=1S/C17H25N3O3.ClH/c1-22-15-3-2-4-16(11-15)23-13-17(21)20-8-5-14(12-20)19-9-6-18-7-10-19;/h2-4,11,14,18H,5-10,12-13H2,1H3;1H. The number of benzene rings is 1. The van der Waals surface area contributed by atoms with Crippen molar-refractivity contribution in [3.8, 4) is 11.5 Å². The van der Waals surface area contributed by atoms with Gasteiger partial charge in [0.25, 0.3) is 5.91 Å². The maximum absolute atomic E-state index is 12.3. The van der Waals surface area contributed by atoms with Gasteiger partial charge in [-0.15, -0.1) is 12.4 Å². The van der Waals surface area contributed by atoms with E-state index in [0.29, 0.717) is 11.8 Å². The number of amides is 1. The third-order valence-electron chi connectivity index (χ3n) is 4.59. The van der Waals surface area contributed by atoms with E-state index in [1.54, 1.807) is 13.2 Å². The fourth-order valence-electron chi connectivity index (χ4n) is 3.24. The second-order valence-corrected chi connectivity index (χ2v) is 6.04. The molecule has 2 fully saturated rings. The number of carbonyl (C=O) groups excluding carboxylic acids is 1. The molecule has 0 aromatic heterocycles. The zero-order valence-electron chi connectivity index (χ0n) is 14.1. The minimum absolute atomic E-state index is 0. The van der Waals surface area contributed by atoms with Crippen LogP contribution in [0.5, 0.6) is 11.5 Å². The zero-order chi connectivity index (χ0) is 16.1. The summed E-state index contributed by atoms with van der Waals surface area (Å²) in [6.45, 7) is 5.98. The second kappa shape index (κ2) is 9.11. The number of rotatable bonds is 5. The Balaban J connectivity index is 0.00000208. The summed E-state index contributed by atoms with van der Waals surface area (Å²) < 4.78 is 10.8. The van der Waals surface area contributed by atoms with E-state index < -0.39 is 0 Å². The highest BCUT2D eigenvalue weighted by atomic mass is 35.5. The molecule has 1 aromatic rings. The van der Waals surface area contributed by atoms with Crippen molar-refractivity contribution >= 4 is 18.3 Å². The van der Waals surface area contributed by atoms with E-state index in [0.717, 1.165) is 51.4 Å². The molecule has 1 unspecified atom stereocenters. The van der Waals surface area contributed by atoms with Gasteiger partial charge in [-0.1, -0.05) is 6.07 Å². The maximum Gasteiger partial charge on any atom is 0.260 e. The number of piperazine rings is 1. The Labute approximate surface area is 149 Å². The lowest BCUT2D eigenvalue weighted by molar-refractivity contribution is -0.132. The largest absolute Gasteiger partial charge is 0.497 e. The monoisotopic (exact) mass is 355 g/mol. The number of likely N-dealkylation sites (tertiary alicyclic amines) is 1. The molecule has 2 aliphatic heterocycles. The average molecular weight is 356 g/mol. The van der Waals surface area contributed by atoms with Gasteiger partial charge in [-0.05, 0) is 18.6 Å². The van der Waals surface area contributed by atoms with Crippen LogP contribution < -0.4 is 14.8 Å². The molecule has 2 saturated heterocycles. The fraction of sp³-hybridized carbons (Fsp3) is 0.588. The predicted molar refractivity (Wildman–Crippen MR) is 95.2 cm³/mol. The van der Waals surface area contributed by atoms with Crippen molar-refractivity contribution < 1.29 is 14.3 Å². The summed E-state index contributed by atoms with van der Waals surface area (Å²) >= 11 is 0. The van der Waals surface area contributed by atoms with Crippen LogP contribution in [0.2, 0.25) is 0 Å². The maximum atomic E-state index is 12.3. The van der Waals surface area contributed by atoms with Crippen LogP contribution in [0.3, 0.4) is 0 Å². The molecular weight excluding hydrogens is 330 g/mol. The molecule has 7 heteroatoms. The van der Waals surface area contributed by atoms with Crippen LogP contribution in [-0.4, -0.2) is 74.7 Å². The minimum atomic E-state index is 0. The lowest BCUT2D eigenvalue weighted by Gasteiger charge is -2.32. The van der Waals surface area contributed by atoms with Crippen molar-refractivity contribution in [3.63, 3.8) is 0 Å². The molecule has 24 heavy (non-hydrogen) atoms. The van der Waals surface area contributed by atoms with Crippen LogP contribution in [0.15, 0.2) is 24.3 Å². The number of ether oxygens (including phenoxy) is 2.